The number of ether oxygens (including phenoxy) is 1. The average molecular weight is 366 g/mol. The Morgan fingerprint density at radius 2 is 1.96 bits per heavy atom. The molecule has 1 fully saturated rings. The minimum Gasteiger partial charge on any atom is -0.378 e. The summed E-state index contributed by atoms with van der Waals surface area (Å²) in [6.45, 7) is 1.45. The van der Waals surface area contributed by atoms with Crippen molar-refractivity contribution in [1.29, 1.82) is 0 Å². The molecule has 0 amide bonds. The van der Waals surface area contributed by atoms with Crippen LogP contribution in [-0.4, -0.2) is 28.4 Å². The van der Waals surface area contributed by atoms with Crippen LogP contribution in [0.5, 0.6) is 0 Å². The van der Waals surface area contributed by atoms with E-state index >= 15 is 0 Å². The van der Waals surface area contributed by atoms with Gasteiger partial charge >= 0.3 is 6.18 Å². The Morgan fingerprint density at radius 1 is 1.15 bits per heavy atom. The second kappa shape index (κ2) is 8.71. The van der Waals surface area contributed by atoms with E-state index in [0.717, 1.165) is 25.8 Å². The Hall–Kier alpha value is -1.82. The molecule has 0 atom stereocenters. The Labute approximate surface area is 152 Å². The average Bonchev–Trinajstić information content (AvgIpc) is 3.07. The maximum atomic E-state index is 12.6. The van der Waals surface area contributed by atoms with Gasteiger partial charge < -0.3 is 9.30 Å². The number of benzene rings is 1. The molecule has 1 heterocycles. The molecule has 26 heavy (non-hydrogen) atoms. The van der Waals surface area contributed by atoms with E-state index in [1.807, 2.05) is 10.8 Å². The fourth-order valence-corrected chi connectivity index (χ4v) is 3.52. The van der Waals surface area contributed by atoms with Crippen LogP contribution in [0.1, 0.15) is 44.1 Å². The molecule has 0 saturated heterocycles. The minimum absolute atomic E-state index is 0.255. The third-order valence-electron chi connectivity index (χ3n) is 4.75. The molecule has 0 aliphatic heterocycles. The number of aromatic nitrogens is 2. The lowest BCUT2D eigenvalue weighted by molar-refractivity contribution is -0.127. The quantitative estimate of drug-likeness (QED) is 0.614. The summed E-state index contributed by atoms with van der Waals surface area (Å²) in [7, 11) is 0. The normalized spacial score (nSPS) is 16.1. The van der Waals surface area contributed by atoms with Crippen molar-refractivity contribution in [2.24, 2.45) is 0 Å². The predicted molar refractivity (Wildman–Crippen MR) is 94.9 cm³/mol. The second-order valence-corrected chi connectivity index (χ2v) is 6.92. The van der Waals surface area contributed by atoms with E-state index in [-0.39, 0.29) is 5.56 Å². The smallest absolute Gasteiger partial charge is 0.378 e. The molecule has 1 aliphatic carbocycles. The first-order valence-corrected chi connectivity index (χ1v) is 9.30. The zero-order chi connectivity index (χ0) is 18.4. The van der Waals surface area contributed by atoms with Crippen molar-refractivity contribution >= 4 is 0 Å². The molecular weight excluding hydrogens is 341 g/mol. The Bertz CT molecular complexity index is 690. The van der Waals surface area contributed by atoms with Crippen molar-refractivity contribution in [3.8, 4) is 11.4 Å². The fraction of sp³-hybridized carbons (Fsp3) is 0.550. The van der Waals surface area contributed by atoms with E-state index in [0.29, 0.717) is 24.1 Å². The summed E-state index contributed by atoms with van der Waals surface area (Å²) in [5, 5.41) is 0. The highest BCUT2D eigenvalue weighted by Gasteiger charge is 2.27. The first kappa shape index (κ1) is 19.0. The van der Waals surface area contributed by atoms with Crippen molar-refractivity contribution in [1.82, 2.24) is 9.55 Å². The molecule has 3 nitrogen and oxygen atoms in total. The van der Waals surface area contributed by atoms with Gasteiger partial charge in [-0.3, -0.25) is 0 Å². The van der Waals surface area contributed by atoms with Crippen LogP contribution >= 0.6 is 0 Å². The third kappa shape index (κ3) is 5.59. The largest absolute Gasteiger partial charge is 0.393 e. The van der Waals surface area contributed by atoms with Gasteiger partial charge in [0.2, 0.25) is 0 Å². The van der Waals surface area contributed by atoms with Crippen molar-refractivity contribution in [3.05, 3.63) is 42.2 Å². The van der Waals surface area contributed by atoms with Gasteiger partial charge in [-0.1, -0.05) is 37.5 Å². The van der Waals surface area contributed by atoms with Crippen LogP contribution in [-0.2, 0) is 17.7 Å². The molecule has 6 heteroatoms. The number of alkyl halides is 3. The topological polar surface area (TPSA) is 27.1 Å². The molecule has 2 aromatic rings. The number of imidazole rings is 1. The molecule has 1 aromatic heterocycles. The molecular formula is C20H25F3N2O. The zero-order valence-electron chi connectivity index (χ0n) is 14.8. The summed E-state index contributed by atoms with van der Waals surface area (Å²) in [6, 6.07) is 6.53. The maximum absolute atomic E-state index is 12.6. The number of halogens is 3. The zero-order valence-corrected chi connectivity index (χ0v) is 14.8. The number of aryl methyl sites for hydroxylation is 1. The number of hydrogen-bond donors (Lipinski definition) is 0. The van der Waals surface area contributed by atoms with Crippen molar-refractivity contribution in [3.63, 3.8) is 0 Å². The summed E-state index contributed by atoms with van der Waals surface area (Å²) < 4.78 is 45.8. The van der Waals surface area contributed by atoms with Crippen LogP contribution in [0.3, 0.4) is 0 Å². The molecule has 0 N–H and O–H groups in total. The summed E-state index contributed by atoms with van der Waals surface area (Å²) in [5.41, 5.74) is 0.968. The Balaban J connectivity index is 1.57. The minimum atomic E-state index is -4.20. The molecule has 1 saturated carbocycles. The lowest BCUT2D eigenvalue weighted by atomic mass is 9.98. The number of hydrogen-bond acceptors (Lipinski definition) is 2. The highest BCUT2D eigenvalue weighted by molar-refractivity contribution is 5.56. The maximum Gasteiger partial charge on any atom is 0.393 e. The first-order chi connectivity index (χ1) is 12.5. The fourth-order valence-electron chi connectivity index (χ4n) is 3.52. The van der Waals surface area contributed by atoms with E-state index < -0.39 is 12.6 Å². The van der Waals surface area contributed by atoms with Gasteiger partial charge in [-0.25, -0.2) is 4.98 Å². The second-order valence-electron chi connectivity index (χ2n) is 6.92. The van der Waals surface area contributed by atoms with Crippen LogP contribution in [0, 0.1) is 0 Å². The summed E-state index contributed by atoms with van der Waals surface area (Å²) >= 11 is 0. The van der Waals surface area contributed by atoms with E-state index in [9.17, 15) is 13.2 Å². The van der Waals surface area contributed by atoms with Crippen molar-refractivity contribution in [2.45, 2.75) is 63.8 Å². The Morgan fingerprint density at radius 3 is 2.73 bits per heavy atom. The van der Waals surface area contributed by atoms with E-state index in [1.165, 1.54) is 25.3 Å². The summed E-state index contributed by atoms with van der Waals surface area (Å²) in [5.74, 6) is 0.701. The molecule has 142 valence electrons. The number of nitrogens with zero attached hydrogens (tertiary/aromatic N) is 2. The van der Waals surface area contributed by atoms with Gasteiger partial charge in [-0.15, -0.1) is 0 Å². The van der Waals surface area contributed by atoms with Crippen LogP contribution in [0.25, 0.3) is 11.4 Å². The van der Waals surface area contributed by atoms with Crippen molar-refractivity contribution in [2.75, 3.05) is 6.61 Å². The Kier molecular flexibility index (Phi) is 6.35. The summed E-state index contributed by atoms with van der Waals surface area (Å²) in [6.07, 6.45) is 5.82. The van der Waals surface area contributed by atoms with Crippen LogP contribution in [0.2, 0.25) is 0 Å². The molecule has 3 rings (SSSR count). The monoisotopic (exact) mass is 366 g/mol. The van der Waals surface area contributed by atoms with Gasteiger partial charge in [0.15, 0.2) is 0 Å². The van der Waals surface area contributed by atoms with E-state index in [2.05, 4.69) is 4.98 Å². The van der Waals surface area contributed by atoms with Crippen molar-refractivity contribution < 1.29 is 17.9 Å². The lowest BCUT2D eigenvalue weighted by Gasteiger charge is -2.22. The first-order valence-electron chi connectivity index (χ1n) is 9.30. The van der Waals surface area contributed by atoms with Crippen LogP contribution < -0.4 is 0 Å². The lowest BCUT2D eigenvalue weighted by Crippen LogP contribution is -2.17. The van der Waals surface area contributed by atoms with Crippen LogP contribution in [0.4, 0.5) is 13.2 Å². The molecule has 1 aromatic carbocycles. The third-order valence-corrected chi connectivity index (χ3v) is 4.75. The number of rotatable bonds is 7. The molecule has 0 bridgehead atoms. The van der Waals surface area contributed by atoms with E-state index in [1.54, 1.807) is 24.4 Å². The highest BCUT2D eigenvalue weighted by atomic mass is 19.4. The van der Waals surface area contributed by atoms with Gasteiger partial charge in [0.1, 0.15) is 5.82 Å². The molecule has 0 radical (unpaired) electrons. The van der Waals surface area contributed by atoms with Gasteiger partial charge in [-0.05, 0) is 30.9 Å². The van der Waals surface area contributed by atoms with Gasteiger partial charge in [0.25, 0.3) is 0 Å². The van der Waals surface area contributed by atoms with Gasteiger partial charge in [0.05, 0.1) is 12.5 Å². The molecule has 0 spiro atoms. The van der Waals surface area contributed by atoms with E-state index in [4.69, 9.17) is 4.74 Å². The highest BCUT2D eigenvalue weighted by Crippen LogP contribution is 2.25. The van der Waals surface area contributed by atoms with Crippen LogP contribution in [0.15, 0.2) is 36.7 Å². The van der Waals surface area contributed by atoms with Gasteiger partial charge in [0, 0.05) is 31.1 Å². The summed E-state index contributed by atoms with van der Waals surface area (Å²) in [4.78, 5) is 4.33. The molecule has 0 unspecified atom stereocenters. The van der Waals surface area contributed by atoms with Gasteiger partial charge in [-0.2, -0.15) is 13.2 Å². The standard InChI is InChI=1S/C20H25F3N2O/c21-20(22,23)15-16-6-4-7-17(14-16)19-24-10-12-25(19)11-5-13-26-18-8-2-1-3-9-18/h4,6-7,10,12,14,18H,1-3,5,8-9,11,13,15H2. The SMILES string of the molecule is FC(F)(F)Cc1cccc(-c2nccn2CCCOC2CCCCC2)c1. The molecule has 1 aliphatic rings. The predicted octanol–water partition coefficient (Wildman–Crippen LogP) is 5.39.